The lowest BCUT2D eigenvalue weighted by Gasteiger charge is -2.34. The van der Waals surface area contributed by atoms with Crippen molar-refractivity contribution in [3.63, 3.8) is 0 Å². The van der Waals surface area contributed by atoms with Crippen LogP contribution in [0, 0.1) is 18.7 Å². The Morgan fingerprint density at radius 1 is 1.31 bits per heavy atom. The van der Waals surface area contributed by atoms with Crippen LogP contribution in [0.5, 0.6) is 0 Å². The third-order valence-electron chi connectivity index (χ3n) is 7.19. The summed E-state index contributed by atoms with van der Waals surface area (Å²) in [5, 5.41) is 9.44. The van der Waals surface area contributed by atoms with Crippen molar-refractivity contribution in [1.29, 1.82) is 0 Å². The van der Waals surface area contributed by atoms with Gasteiger partial charge in [-0.1, -0.05) is 12.8 Å². The van der Waals surface area contributed by atoms with E-state index in [-0.39, 0.29) is 17.0 Å². The van der Waals surface area contributed by atoms with Gasteiger partial charge in [0, 0.05) is 18.6 Å². The summed E-state index contributed by atoms with van der Waals surface area (Å²) in [5.74, 6) is -1.20. The number of carbonyl (C=O) groups is 1. The van der Waals surface area contributed by atoms with E-state index in [1.165, 1.54) is 16.7 Å². The van der Waals surface area contributed by atoms with Crippen LogP contribution < -0.4 is 16.2 Å². The molecule has 2 saturated carbocycles. The molecule has 0 bridgehead atoms. The Hall–Kier alpha value is -2.41. The highest BCUT2D eigenvalue weighted by molar-refractivity contribution is 5.89. The molecule has 3 heterocycles. The third kappa shape index (κ3) is 2.78. The minimum atomic E-state index is -1.28. The maximum Gasteiger partial charge on any atom is 0.341 e. The molecule has 29 heavy (non-hydrogen) atoms. The average Bonchev–Trinajstić information content (AvgIpc) is 3.43. The summed E-state index contributed by atoms with van der Waals surface area (Å²) >= 11 is 0. The van der Waals surface area contributed by atoms with Gasteiger partial charge in [0.1, 0.15) is 5.56 Å². The molecule has 0 aromatic carbocycles. The predicted octanol–water partition coefficient (Wildman–Crippen LogP) is 3.03. The van der Waals surface area contributed by atoms with E-state index in [2.05, 4.69) is 0 Å². The zero-order chi connectivity index (χ0) is 20.5. The maximum absolute atomic E-state index is 15.3. The molecule has 1 saturated heterocycles. The number of carboxylic acid groups (broad SMARTS) is 1. The molecule has 3 N–H and O–H groups in total. The number of aryl methyl sites for hydroxylation is 1. The lowest BCUT2D eigenvalue weighted by molar-refractivity contribution is 0.0694. The Balaban J connectivity index is 1.70. The smallest absolute Gasteiger partial charge is 0.341 e. The van der Waals surface area contributed by atoms with E-state index in [0.717, 1.165) is 50.6 Å². The monoisotopic (exact) mass is 399 g/mol. The van der Waals surface area contributed by atoms with Crippen LogP contribution in [0.4, 0.5) is 10.1 Å². The normalized spacial score (nSPS) is 26.7. The number of aromatic carboxylic acids is 1. The van der Waals surface area contributed by atoms with E-state index in [0.29, 0.717) is 29.2 Å². The predicted molar refractivity (Wildman–Crippen MR) is 108 cm³/mol. The van der Waals surface area contributed by atoms with Crippen molar-refractivity contribution in [1.82, 2.24) is 4.40 Å². The van der Waals surface area contributed by atoms with E-state index in [9.17, 15) is 14.7 Å². The Bertz CT molecular complexity index is 1090. The SMILES string of the molecule is Cc1c(N2C[C@@H]3CCCC[C@]3(N)C2)c(F)cn2c(=O)c(C(=O)O)cc(C3CC3)c12. The van der Waals surface area contributed by atoms with Crippen LogP contribution in [0.1, 0.15) is 65.9 Å². The Kier molecular flexibility index (Phi) is 4.04. The van der Waals surface area contributed by atoms with Crippen molar-refractivity contribution >= 4 is 17.2 Å². The van der Waals surface area contributed by atoms with E-state index < -0.39 is 17.3 Å². The molecule has 2 aromatic rings. The van der Waals surface area contributed by atoms with Crippen molar-refractivity contribution in [2.24, 2.45) is 11.7 Å². The molecule has 0 spiro atoms. The van der Waals surface area contributed by atoms with Gasteiger partial charge in [-0.15, -0.1) is 0 Å². The summed E-state index contributed by atoms with van der Waals surface area (Å²) in [5.41, 5.74) is 8.11. The van der Waals surface area contributed by atoms with Crippen molar-refractivity contribution in [2.45, 2.75) is 56.9 Å². The number of fused-ring (bicyclic) bond motifs is 2. The molecule has 0 radical (unpaired) electrons. The highest BCUT2D eigenvalue weighted by Gasteiger charge is 2.45. The number of anilines is 1. The molecule has 154 valence electrons. The molecule has 3 fully saturated rings. The minimum Gasteiger partial charge on any atom is -0.477 e. The Morgan fingerprint density at radius 3 is 2.72 bits per heavy atom. The fraction of sp³-hybridized carbons (Fsp3) is 0.545. The Morgan fingerprint density at radius 2 is 2.07 bits per heavy atom. The van der Waals surface area contributed by atoms with Crippen molar-refractivity contribution < 1.29 is 14.3 Å². The highest BCUT2D eigenvalue weighted by atomic mass is 19.1. The summed E-state index contributed by atoms with van der Waals surface area (Å²) in [7, 11) is 0. The van der Waals surface area contributed by atoms with Gasteiger partial charge in [0.15, 0.2) is 5.82 Å². The summed E-state index contributed by atoms with van der Waals surface area (Å²) in [6.07, 6.45) is 7.37. The number of rotatable bonds is 3. The number of hydrogen-bond donors (Lipinski definition) is 2. The molecule has 0 amide bonds. The molecule has 2 atom stereocenters. The molecule has 0 unspecified atom stereocenters. The summed E-state index contributed by atoms with van der Waals surface area (Å²) < 4.78 is 16.5. The second-order valence-electron chi connectivity index (χ2n) is 9.12. The van der Waals surface area contributed by atoms with Crippen molar-refractivity contribution in [2.75, 3.05) is 18.0 Å². The number of nitrogens with zero attached hydrogens (tertiary/aromatic N) is 2. The van der Waals surface area contributed by atoms with Gasteiger partial charge in [0.25, 0.3) is 5.56 Å². The first kappa shape index (κ1) is 18.6. The number of hydrogen-bond acceptors (Lipinski definition) is 4. The largest absolute Gasteiger partial charge is 0.477 e. The van der Waals surface area contributed by atoms with Gasteiger partial charge in [-0.2, -0.15) is 0 Å². The van der Waals surface area contributed by atoms with Gasteiger partial charge >= 0.3 is 5.97 Å². The van der Waals surface area contributed by atoms with Crippen LogP contribution in [0.15, 0.2) is 17.1 Å². The number of halogens is 1. The molecule has 2 aromatic heterocycles. The standard InChI is InChI=1S/C22H26FN3O3/c1-12-18-15(13-5-6-13)8-16(21(28)29)20(27)26(18)10-17(23)19(12)25-9-14-4-2-3-7-22(14,24)11-25/h8,10,13-14H,2-7,9,11,24H2,1H3,(H,28,29)/t14-,22-/m0/s1. The fourth-order valence-corrected chi connectivity index (χ4v) is 5.56. The van der Waals surface area contributed by atoms with Gasteiger partial charge in [0.05, 0.1) is 17.4 Å². The summed E-state index contributed by atoms with van der Waals surface area (Å²) in [4.78, 5) is 26.3. The molecule has 7 heteroatoms. The first-order valence-corrected chi connectivity index (χ1v) is 10.5. The second-order valence-corrected chi connectivity index (χ2v) is 9.12. The van der Waals surface area contributed by atoms with Gasteiger partial charge in [-0.05, 0) is 61.6 Å². The molecule has 2 aliphatic carbocycles. The zero-order valence-corrected chi connectivity index (χ0v) is 16.6. The number of aromatic nitrogens is 1. The van der Waals surface area contributed by atoms with Gasteiger partial charge in [0.2, 0.25) is 0 Å². The minimum absolute atomic E-state index is 0.225. The van der Waals surface area contributed by atoms with Crippen LogP contribution in [-0.4, -0.2) is 34.1 Å². The summed E-state index contributed by atoms with van der Waals surface area (Å²) in [6, 6.07) is 1.50. The number of carboxylic acids is 1. The molecule has 6 nitrogen and oxygen atoms in total. The summed E-state index contributed by atoms with van der Waals surface area (Å²) in [6.45, 7) is 3.17. The lowest BCUT2D eigenvalue weighted by atomic mass is 9.76. The van der Waals surface area contributed by atoms with Crippen LogP contribution in [0.25, 0.3) is 5.52 Å². The van der Waals surface area contributed by atoms with Gasteiger partial charge < -0.3 is 15.7 Å². The topological polar surface area (TPSA) is 88.0 Å². The fourth-order valence-electron chi connectivity index (χ4n) is 5.56. The molecule has 3 aliphatic rings. The quantitative estimate of drug-likeness (QED) is 0.828. The van der Waals surface area contributed by atoms with Crippen LogP contribution >= 0.6 is 0 Å². The molecular weight excluding hydrogens is 373 g/mol. The van der Waals surface area contributed by atoms with Crippen molar-refractivity contribution in [3.05, 3.63) is 45.1 Å². The first-order chi connectivity index (χ1) is 13.8. The van der Waals surface area contributed by atoms with Crippen molar-refractivity contribution in [3.8, 4) is 0 Å². The van der Waals surface area contributed by atoms with Crippen LogP contribution in [0.3, 0.4) is 0 Å². The van der Waals surface area contributed by atoms with Crippen LogP contribution in [0.2, 0.25) is 0 Å². The molecule has 5 rings (SSSR count). The number of nitrogens with two attached hydrogens (primary N) is 1. The maximum atomic E-state index is 15.3. The van der Waals surface area contributed by atoms with E-state index in [1.54, 1.807) is 0 Å². The zero-order valence-electron chi connectivity index (χ0n) is 16.6. The Labute approximate surface area is 168 Å². The van der Waals surface area contributed by atoms with Crippen LogP contribution in [-0.2, 0) is 0 Å². The van der Waals surface area contributed by atoms with Gasteiger partial charge in [-0.25, -0.2) is 9.18 Å². The van der Waals surface area contributed by atoms with Gasteiger partial charge in [-0.3, -0.25) is 9.20 Å². The van der Waals surface area contributed by atoms with E-state index in [1.807, 2.05) is 11.8 Å². The second kappa shape index (κ2) is 6.29. The molecule has 1 aliphatic heterocycles. The number of pyridine rings is 2. The lowest BCUT2D eigenvalue weighted by Crippen LogP contribution is -2.49. The molecular formula is C22H26FN3O3. The first-order valence-electron chi connectivity index (χ1n) is 10.5. The van der Waals surface area contributed by atoms with E-state index in [4.69, 9.17) is 5.73 Å². The van der Waals surface area contributed by atoms with E-state index >= 15 is 4.39 Å². The highest BCUT2D eigenvalue weighted by Crippen LogP contribution is 2.45. The third-order valence-corrected chi connectivity index (χ3v) is 7.19. The average molecular weight is 399 g/mol.